The van der Waals surface area contributed by atoms with Gasteiger partial charge >= 0.3 is 5.97 Å². The van der Waals surface area contributed by atoms with Crippen molar-refractivity contribution in [3.63, 3.8) is 0 Å². The van der Waals surface area contributed by atoms with Crippen molar-refractivity contribution < 1.29 is 19.1 Å². The predicted molar refractivity (Wildman–Crippen MR) is 97.4 cm³/mol. The van der Waals surface area contributed by atoms with Crippen LogP contribution in [-0.4, -0.2) is 36.0 Å². The first kappa shape index (κ1) is 18.8. The molecule has 0 aliphatic carbocycles. The van der Waals surface area contributed by atoms with Crippen LogP contribution < -0.4 is 5.32 Å². The van der Waals surface area contributed by atoms with Crippen molar-refractivity contribution in [1.29, 1.82) is 0 Å². The number of ether oxygens (including phenoxy) is 1. The Bertz CT molecular complexity index is 826. The highest BCUT2D eigenvalue weighted by Crippen LogP contribution is 2.22. The van der Waals surface area contributed by atoms with E-state index in [0.29, 0.717) is 22.6 Å². The molecule has 0 spiro atoms. The number of H-pyrrole nitrogens is 1. The van der Waals surface area contributed by atoms with Crippen molar-refractivity contribution >= 4 is 35.1 Å². The van der Waals surface area contributed by atoms with Crippen LogP contribution in [0.4, 0.5) is 5.69 Å². The quantitative estimate of drug-likeness (QED) is 0.469. The minimum absolute atomic E-state index is 0.0674. The van der Waals surface area contributed by atoms with E-state index < -0.39 is 5.97 Å². The molecule has 0 aliphatic heterocycles. The van der Waals surface area contributed by atoms with Crippen LogP contribution in [0.2, 0.25) is 0 Å². The number of hydrogen-bond acceptors (Lipinski definition) is 5. The molecule has 0 saturated carbocycles. The van der Waals surface area contributed by atoms with E-state index in [2.05, 4.69) is 10.3 Å². The molecular formula is C18H20N2O4S. The Hall–Kier alpha value is -2.54. The smallest absolute Gasteiger partial charge is 0.339 e. The Morgan fingerprint density at radius 1 is 1.28 bits per heavy atom. The summed E-state index contributed by atoms with van der Waals surface area (Å²) in [4.78, 5) is 40.0. The maximum Gasteiger partial charge on any atom is 0.339 e. The first-order chi connectivity index (χ1) is 11.9. The first-order valence-electron chi connectivity index (χ1n) is 7.62. The van der Waals surface area contributed by atoms with Crippen molar-refractivity contribution in [2.24, 2.45) is 0 Å². The minimum Gasteiger partial charge on any atom is -0.465 e. The monoisotopic (exact) mass is 360 g/mol. The highest BCUT2D eigenvalue weighted by Gasteiger charge is 2.24. The molecule has 6 nitrogen and oxygen atoms in total. The van der Waals surface area contributed by atoms with Crippen molar-refractivity contribution in [3.05, 3.63) is 46.8 Å². The number of ketones is 1. The summed E-state index contributed by atoms with van der Waals surface area (Å²) < 4.78 is 4.78. The second-order valence-electron chi connectivity index (χ2n) is 5.48. The summed E-state index contributed by atoms with van der Waals surface area (Å²) in [5.74, 6) is -1.07. The van der Waals surface area contributed by atoms with E-state index in [0.717, 1.165) is 4.90 Å². The maximum atomic E-state index is 12.4. The van der Waals surface area contributed by atoms with E-state index in [1.54, 1.807) is 24.8 Å². The molecule has 25 heavy (non-hydrogen) atoms. The second kappa shape index (κ2) is 8.02. The lowest BCUT2D eigenvalue weighted by atomic mass is 10.1. The number of amides is 1. The normalized spacial score (nSPS) is 10.4. The molecule has 2 N–H and O–H groups in total. The Kier molecular flexibility index (Phi) is 6.03. The molecule has 1 aromatic carbocycles. The Balaban J connectivity index is 2.26. The average Bonchev–Trinajstić information content (AvgIpc) is 2.90. The van der Waals surface area contributed by atoms with Crippen molar-refractivity contribution in [2.45, 2.75) is 25.2 Å². The van der Waals surface area contributed by atoms with Crippen LogP contribution in [0, 0.1) is 6.92 Å². The van der Waals surface area contributed by atoms with Gasteiger partial charge in [0, 0.05) is 23.2 Å². The number of hydrogen-bond donors (Lipinski definition) is 2. The zero-order valence-corrected chi connectivity index (χ0v) is 15.4. The molecule has 2 aromatic rings. The van der Waals surface area contributed by atoms with Gasteiger partial charge in [0.15, 0.2) is 5.78 Å². The fourth-order valence-corrected chi connectivity index (χ4v) is 3.05. The lowest BCUT2D eigenvalue weighted by molar-refractivity contribution is -0.115. The number of nitrogens with one attached hydrogen (secondary N) is 2. The van der Waals surface area contributed by atoms with E-state index in [1.807, 2.05) is 24.5 Å². The Morgan fingerprint density at radius 2 is 2.00 bits per heavy atom. The molecule has 1 heterocycles. The molecule has 2 rings (SSSR count). The van der Waals surface area contributed by atoms with Crippen LogP contribution in [-0.2, 0) is 16.0 Å². The van der Waals surface area contributed by atoms with Crippen LogP contribution in [0.25, 0.3) is 0 Å². The molecular weight excluding hydrogens is 340 g/mol. The molecule has 132 valence electrons. The van der Waals surface area contributed by atoms with E-state index in [-0.39, 0.29) is 23.7 Å². The summed E-state index contributed by atoms with van der Waals surface area (Å²) in [6, 6.07) is 7.46. The third kappa shape index (κ3) is 4.30. The molecule has 1 amide bonds. The summed E-state index contributed by atoms with van der Waals surface area (Å²) in [5.41, 5.74) is 2.08. The molecule has 0 unspecified atom stereocenters. The molecule has 0 atom stereocenters. The van der Waals surface area contributed by atoms with Crippen molar-refractivity contribution in [2.75, 3.05) is 18.7 Å². The van der Waals surface area contributed by atoms with Gasteiger partial charge in [0.1, 0.15) is 0 Å². The largest absolute Gasteiger partial charge is 0.465 e. The molecule has 0 bridgehead atoms. The standard InChI is InChI=1S/C18H20N2O4S/c1-10-16(18(23)24-3)14(20-17(10)11(2)21)9-15(22)19-12-6-5-7-13(8-12)25-4/h5-8,20H,9H2,1-4H3,(H,19,22). The van der Waals surface area contributed by atoms with Gasteiger partial charge in [0.05, 0.1) is 24.8 Å². The maximum absolute atomic E-state index is 12.4. The van der Waals surface area contributed by atoms with Crippen molar-refractivity contribution in [1.82, 2.24) is 4.98 Å². The van der Waals surface area contributed by atoms with E-state index in [4.69, 9.17) is 4.74 Å². The van der Waals surface area contributed by atoms with Gasteiger partial charge in [0.2, 0.25) is 5.91 Å². The average molecular weight is 360 g/mol. The number of aromatic nitrogens is 1. The fraction of sp³-hybridized carbons (Fsp3) is 0.278. The van der Waals surface area contributed by atoms with Crippen LogP contribution in [0.1, 0.15) is 39.0 Å². The lowest BCUT2D eigenvalue weighted by Gasteiger charge is -2.07. The molecule has 0 aliphatic rings. The molecule has 7 heteroatoms. The highest BCUT2D eigenvalue weighted by molar-refractivity contribution is 7.98. The van der Waals surface area contributed by atoms with Gasteiger partial charge in [-0.3, -0.25) is 9.59 Å². The summed E-state index contributed by atoms with van der Waals surface area (Å²) in [6.07, 6.45) is 1.89. The van der Waals surface area contributed by atoms with Crippen LogP contribution in [0.5, 0.6) is 0 Å². The number of carbonyl (C=O) groups excluding carboxylic acids is 3. The van der Waals surface area contributed by atoms with E-state index >= 15 is 0 Å². The molecule has 0 saturated heterocycles. The number of methoxy groups -OCH3 is 1. The lowest BCUT2D eigenvalue weighted by Crippen LogP contribution is -2.17. The third-order valence-corrected chi connectivity index (χ3v) is 4.49. The number of benzene rings is 1. The summed E-state index contributed by atoms with van der Waals surface area (Å²) >= 11 is 1.58. The number of thioether (sulfide) groups is 1. The highest BCUT2D eigenvalue weighted by atomic mass is 32.2. The summed E-state index contributed by atoms with van der Waals surface area (Å²) in [6.45, 7) is 3.06. The number of rotatable bonds is 6. The second-order valence-corrected chi connectivity index (χ2v) is 6.36. The van der Waals surface area contributed by atoms with Gasteiger partial charge in [-0.1, -0.05) is 6.07 Å². The van der Waals surface area contributed by atoms with Gasteiger partial charge in [-0.25, -0.2) is 4.79 Å². The van der Waals surface area contributed by atoms with Gasteiger partial charge in [0.25, 0.3) is 0 Å². The SMILES string of the molecule is COC(=O)c1c(CC(=O)Nc2cccc(SC)c2)[nH]c(C(C)=O)c1C. The third-order valence-electron chi connectivity index (χ3n) is 3.76. The fourth-order valence-electron chi connectivity index (χ4n) is 2.59. The van der Waals surface area contributed by atoms with Crippen LogP contribution in [0.15, 0.2) is 29.2 Å². The van der Waals surface area contributed by atoms with E-state index in [9.17, 15) is 14.4 Å². The topological polar surface area (TPSA) is 88.3 Å². The Morgan fingerprint density at radius 3 is 2.60 bits per heavy atom. The summed E-state index contributed by atoms with van der Waals surface area (Å²) in [7, 11) is 1.26. The number of anilines is 1. The number of esters is 1. The van der Waals surface area contributed by atoms with Gasteiger partial charge in [-0.15, -0.1) is 11.8 Å². The molecule has 0 fully saturated rings. The summed E-state index contributed by atoms with van der Waals surface area (Å²) in [5, 5.41) is 2.80. The van der Waals surface area contributed by atoms with Gasteiger partial charge in [-0.2, -0.15) is 0 Å². The first-order valence-corrected chi connectivity index (χ1v) is 8.84. The van der Waals surface area contributed by atoms with Gasteiger partial charge in [-0.05, 0) is 36.9 Å². The number of Topliss-reactive ketones (excluding diaryl/α,β-unsaturated/α-hetero) is 1. The number of carbonyl (C=O) groups is 3. The van der Waals surface area contributed by atoms with Gasteiger partial charge < -0.3 is 15.0 Å². The predicted octanol–water partition coefficient (Wildman–Crippen LogP) is 3.22. The van der Waals surface area contributed by atoms with Crippen molar-refractivity contribution in [3.8, 4) is 0 Å². The molecule has 0 radical (unpaired) electrons. The Labute approximate surface area is 150 Å². The molecule has 1 aromatic heterocycles. The number of aromatic amines is 1. The van der Waals surface area contributed by atoms with Crippen LogP contribution >= 0.6 is 11.8 Å². The zero-order valence-electron chi connectivity index (χ0n) is 14.6. The van der Waals surface area contributed by atoms with Crippen LogP contribution in [0.3, 0.4) is 0 Å². The van der Waals surface area contributed by atoms with E-state index in [1.165, 1.54) is 14.0 Å². The minimum atomic E-state index is -0.576. The zero-order chi connectivity index (χ0) is 18.6.